The quantitative estimate of drug-likeness (QED) is 0.822. The van der Waals surface area contributed by atoms with E-state index in [2.05, 4.69) is 10.2 Å². The summed E-state index contributed by atoms with van der Waals surface area (Å²) in [7, 11) is 0. The van der Waals surface area contributed by atoms with Crippen molar-refractivity contribution in [2.24, 2.45) is 0 Å². The number of aryl methyl sites for hydroxylation is 1. The lowest BCUT2D eigenvalue weighted by molar-refractivity contribution is -0.152. The summed E-state index contributed by atoms with van der Waals surface area (Å²) in [5, 5.41) is 2.57. The topological polar surface area (TPSA) is 52.7 Å². The van der Waals surface area contributed by atoms with E-state index < -0.39 is 23.6 Å². The van der Waals surface area contributed by atoms with Gasteiger partial charge in [-0.2, -0.15) is 13.2 Å². The van der Waals surface area contributed by atoms with E-state index in [1.807, 2.05) is 0 Å². The molecule has 2 fully saturated rings. The molecular weight excluding hydrogens is 323 g/mol. The van der Waals surface area contributed by atoms with E-state index in [4.69, 9.17) is 0 Å². The van der Waals surface area contributed by atoms with Crippen LogP contribution in [0.25, 0.3) is 0 Å². The first-order chi connectivity index (χ1) is 11.3. The maximum atomic E-state index is 12.7. The lowest BCUT2D eigenvalue weighted by Gasteiger charge is -2.43. The number of fused-ring (bicyclic) bond motifs is 1. The van der Waals surface area contributed by atoms with Gasteiger partial charge in [0.1, 0.15) is 0 Å². The Morgan fingerprint density at radius 2 is 2.00 bits per heavy atom. The number of hydrogen-bond acceptors (Lipinski definition) is 3. The van der Waals surface area contributed by atoms with Crippen molar-refractivity contribution < 1.29 is 22.8 Å². The number of halogens is 3. The molecule has 2 aliphatic heterocycles. The van der Waals surface area contributed by atoms with Gasteiger partial charge < -0.3 is 10.2 Å². The Morgan fingerprint density at radius 1 is 1.25 bits per heavy atom. The van der Waals surface area contributed by atoms with Crippen molar-refractivity contribution in [1.82, 2.24) is 15.1 Å². The van der Waals surface area contributed by atoms with Gasteiger partial charge in [-0.1, -0.05) is 6.07 Å². The second-order valence-corrected chi connectivity index (χ2v) is 6.24. The molecule has 0 spiro atoms. The van der Waals surface area contributed by atoms with Crippen molar-refractivity contribution in [3.05, 3.63) is 34.9 Å². The molecule has 8 heteroatoms. The van der Waals surface area contributed by atoms with Crippen LogP contribution in [0.5, 0.6) is 0 Å². The number of benzene rings is 1. The standard InChI is InChI=1S/C16H18F3N3O2/c1-10-6-12(16(17,18)19)3-2-11(10)8-21-4-5-22-13(9-21)7-20-14(23)15(22)24/h2-3,6,13H,4-5,7-9H2,1H3,(H,20,23)/t13-/m1/s1. The molecule has 24 heavy (non-hydrogen) atoms. The molecule has 1 N–H and O–H groups in total. The molecule has 0 aromatic heterocycles. The van der Waals surface area contributed by atoms with E-state index in [0.717, 1.165) is 17.7 Å². The minimum atomic E-state index is -4.34. The van der Waals surface area contributed by atoms with Gasteiger partial charge in [-0.05, 0) is 30.2 Å². The van der Waals surface area contributed by atoms with Crippen LogP contribution in [0.3, 0.4) is 0 Å². The Labute approximate surface area is 137 Å². The summed E-state index contributed by atoms with van der Waals surface area (Å²) in [5.74, 6) is -1.07. The SMILES string of the molecule is Cc1cc(C(F)(F)F)ccc1CN1CCN2C(=O)C(=O)NC[C@@H]2C1. The smallest absolute Gasteiger partial charge is 0.346 e. The van der Waals surface area contributed by atoms with Gasteiger partial charge in [0.05, 0.1) is 11.6 Å². The Bertz CT molecular complexity index is 675. The second-order valence-electron chi connectivity index (χ2n) is 6.24. The summed E-state index contributed by atoms with van der Waals surface area (Å²) in [6.07, 6.45) is -4.34. The highest BCUT2D eigenvalue weighted by molar-refractivity contribution is 6.35. The molecule has 3 rings (SSSR count). The highest BCUT2D eigenvalue weighted by Crippen LogP contribution is 2.30. The van der Waals surface area contributed by atoms with E-state index in [0.29, 0.717) is 38.3 Å². The third-order valence-corrected chi connectivity index (χ3v) is 4.58. The highest BCUT2D eigenvalue weighted by Gasteiger charge is 2.37. The fraction of sp³-hybridized carbons (Fsp3) is 0.500. The summed E-state index contributed by atoms with van der Waals surface area (Å²) in [4.78, 5) is 26.8. The number of nitrogens with zero attached hydrogens (tertiary/aromatic N) is 2. The Balaban J connectivity index is 1.68. The van der Waals surface area contributed by atoms with Crippen LogP contribution in [-0.4, -0.2) is 53.8 Å². The van der Waals surface area contributed by atoms with Gasteiger partial charge in [-0.3, -0.25) is 14.5 Å². The summed E-state index contributed by atoms with van der Waals surface area (Å²) < 4.78 is 38.2. The van der Waals surface area contributed by atoms with Gasteiger partial charge >= 0.3 is 18.0 Å². The number of alkyl halides is 3. The van der Waals surface area contributed by atoms with Gasteiger partial charge in [0.25, 0.3) is 0 Å². The first-order valence-corrected chi connectivity index (χ1v) is 7.73. The second kappa shape index (κ2) is 6.08. The van der Waals surface area contributed by atoms with Crippen LogP contribution in [-0.2, 0) is 22.3 Å². The number of piperazine rings is 2. The van der Waals surface area contributed by atoms with Crippen molar-refractivity contribution >= 4 is 11.8 Å². The van der Waals surface area contributed by atoms with E-state index in [-0.39, 0.29) is 6.04 Å². The van der Waals surface area contributed by atoms with Crippen molar-refractivity contribution in [2.75, 3.05) is 26.2 Å². The summed E-state index contributed by atoms with van der Waals surface area (Å²) in [5.41, 5.74) is 0.789. The molecule has 0 saturated carbocycles. The van der Waals surface area contributed by atoms with E-state index in [1.54, 1.807) is 11.8 Å². The number of nitrogens with one attached hydrogen (secondary N) is 1. The van der Waals surface area contributed by atoms with Crippen LogP contribution in [0.1, 0.15) is 16.7 Å². The molecule has 1 aromatic rings. The number of rotatable bonds is 2. The Morgan fingerprint density at radius 3 is 2.67 bits per heavy atom. The van der Waals surface area contributed by atoms with Crippen LogP contribution in [0, 0.1) is 6.92 Å². The van der Waals surface area contributed by atoms with Crippen LogP contribution in [0.15, 0.2) is 18.2 Å². The molecule has 1 aromatic carbocycles. The number of hydrogen-bond donors (Lipinski definition) is 1. The van der Waals surface area contributed by atoms with Crippen molar-refractivity contribution in [2.45, 2.75) is 25.7 Å². The van der Waals surface area contributed by atoms with Crippen molar-refractivity contribution in [3.8, 4) is 0 Å². The van der Waals surface area contributed by atoms with E-state index >= 15 is 0 Å². The predicted octanol–water partition coefficient (Wildman–Crippen LogP) is 1.16. The van der Waals surface area contributed by atoms with Gasteiger partial charge in [0.15, 0.2) is 0 Å². The molecule has 0 aliphatic carbocycles. The highest BCUT2D eigenvalue weighted by atomic mass is 19.4. The van der Waals surface area contributed by atoms with Gasteiger partial charge in [0.2, 0.25) is 0 Å². The normalized spacial score (nSPS) is 22.3. The molecule has 2 saturated heterocycles. The third-order valence-electron chi connectivity index (χ3n) is 4.58. The molecule has 5 nitrogen and oxygen atoms in total. The summed E-state index contributed by atoms with van der Waals surface area (Å²) in [6.45, 7) is 4.24. The summed E-state index contributed by atoms with van der Waals surface area (Å²) in [6, 6.07) is 3.69. The lowest BCUT2D eigenvalue weighted by Crippen LogP contribution is -2.65. The molecule has 0 unspecified atom stereocenters. The fourth-order valence-corrected chi connectivity index (χ4v) is 3.21. The summed E-state index contributed by atoms with van der Waals surface area (Å²) >= 11 is 0. The van der Waals surface area contributed by atoms with Crippen molar-refractivity contribution in [1.29, 1.82) is 0 Å². The van der Waals surface area contributed by atoms with Gasteiger partial charge in [-0.15, -0.1) is 0 Å². The Hall–Kier alpha value is -2.09. The van der Waals surface area contributed by atoms with E-state index in [9.17, 15) is 22.8 Å². The zero-order chi connectivity index (χ0) is 17.5. The third kappa shape index (κ3) is 3.24. The number of carbonyl (C=O) groups is 2. The average molecular weight is 341 g/mol. The zero-order valence-corrected chi connectivity index (χ0v) is 13.2. The van der Waals surface area contributed by atoms with Crippen LogP contribution >= 0.6 is 0 Å². The molecule has 2 heterocycles. The molecule has 2 amide bonds. The maximum absolute atomic E-state index is 12.7. The molecule has 2 aliphatic rings. The predicted molar refractivity (Wildman–Crippen MR) is 80.0 cm³/mol. The van der Waals surface area contributed by atoms with Gasteiger partial charge in [-0.25, -0.2) is 0 Å². The molecular formula is C16H18F3N3O2. The van der Waals surface area contributed by atoms with Crippen LogP contribution in [0.4, 0.5) is 13.2 Å². The maximum Gasteiger partial charge on any atom is 0.416 e. The molecule has 0 radical (unpaired) electrons. The molecule has 130 valence electrons. The van der Waals surface area contributed by atoms with Crippen LogP contribution < -0.4 is 5.32 Å². The molecule has 0 bridgehead atoms. The van der Waals surface area contributed by atoms with E-state index in [1.165, 1.54) is 6.07 Å². The van der Waals surface area contributed by atoms with Crippen molar-refractivity contribution in [3.63, 3.8) is 0 Å². The Kier molecular flexibility index (Phi) is 4.25. The number of carbonyl (C=O) groups excluding carboxylic acids is 2. The first-order valence-electron chi connectivity index (χ1n) is 7.73. The zero-order valence-electron chi connectivity index (χ0n) is 13.2. The first kappa shape index (κ1) is 16.8. The minimum absolute atomic E-state index is 0.0845. The largest absolute Gasteiger partial charge is 0.416 e. The lowest BCUT2D eigenvalue weighted by atomic mass is 10.0. The molecule has 1 atom stereocenters. The fourth-order valence-electron chi connectivity index (χ4n) is 3.21. The number of amides is 2. The van der Waals surface area contributed by atoms with Gasteiger partial charge in [0, 0.05) is 32.7 Å². The van der Waals surface area contributed by atoms with Crippen LogP contribution in [0.2, 0.25) is 0 Å². The average Bonchev–Trinajstić information content (AvgIpc) is 2.52. The minimum Gasteiger partial charge on any atom is -0.346 e. The monoisotopic (exact) mass is 341 g/mol.